The first-order chi connectivity index (χ1) is 23.5. The Kier molecular flexibility index (Phi) is 9.43. The molecular weight excluding hydrogens is 648 g/mol. The molecule has 2 unspecified atom stereocenters. The third kappa shape index (κ3) is 6.87. The second-order valence-corrected chi connectivity index (χ2v) is 12.0. The predicted molar refractivity (Wildman–Crippen MR) is 169 cm³/mol. The van der Waals surface area contributed by atoms with E-state index in [-0.39, 0.29) is 34.8 Å². The zero-order chi connectivity index (χ0) is 34.9. The molecule has 16 heteroatoms. The number of aromatic carboxylic acids is 1. The molecule has 4 heterocycles. The van der Waals surface area contributed by atoms with Crippen molar-refractivity contribution in [2.75, 3.05) is 31.1 Å². The highest BCUT2D eigenvalue weighted by atomic mass is 19.1. The zero-order valence-electron chi connectivity index (χ0n) is 26.2. The molecule has 0 spiro atoms. The van der Waals surface area contributed by atoms with Crippen LogP contribution in [0, 0.1) is 23.3 Å². The fourth-order valence-electron chi connectivity index (χ4n) is 6.04. The Labute approximate surface area is 276 Å². The first-order valence-electron chi connectivity index (χ1n) is 15.5. The van der Waals surface area contributed by atoms with Crippen LogP contribution in [0.5, 0.6) is 0 Å². The number of aliphatic hydroxyl groups is 1. The van der Waals surface area contributed by atoms with Gasteiger partial charge < -0.3 is 25.0 Å². The van der Waals surface area contributed by atoms with E-state index in [1.165, 1.54) is 36.5 Å². The molecule has 3 aromatic heterocycles. The molecule has 0 radical (unpaired) electrons. The monoisotopic (exact) mass is 680 g/mol. The number of halogens is 4. The van der Waals surface area contributed by atoms with Crippen molar-refractivity contribution in [3.63, 3.8) is 0 Å². The Bertz CT molecular complexity index is 2050. The van der Waals surface area contributed by atoms with Gasteiger partial charge in [-0.1, -0.05) is 13.0 Å². The van der Waals surface area contributed by atoms with Gasteiger partial charge in [0.1, 0.15) is 47.6 Å². The number of fused-ring (bicyclic) bond motifs is 1. The molecule has 1 aliphatic carbocycles. The molecule has 12 nitrogen and oxygen atoms in total. The summed E-state index contributed by atoms with van der Waals surface area (Å²) in [5, 5.41) is 27.8. The lowest BCUT2D eigenvalue weighted by molar-refractivity contribution is -0.0134. The summed E-state index contributed by atoms with van der Waals surface area (Å²) in [6.07, 6.45) is 7.95. The van der Waals surface area contributed by atoms with Gasteiger partial charge in [0.2, 0.25) is 5.43 Å². The fourth-order valence-corrected chi connectivity index (χ4v) is 6.04. The summed E-state index contributed by atoms with van der Waals surface area (Å²) in [6, 6.07) is 5.88. The minimum Gasteiger partial charge on any atom is -0.477 e. The molecule has 2 atom stereocenters. The first kappa shape index (κ1) is 33.7. The van der Waals surface area contributed by atoms with Gasteiger partial charge in [-0.25, -0.2) is 42.0 Å². The van der Waals surface area contributed by atoms with Crippen LogP contribution >= 0.6 is 0 Å². The quantitative estimate of drug-likeness (QED) is 0.207. The Morgan fingerprint density at radius 1 is 1.04 bits per heavy atom. The van der Waals surface area contributed by atoms with Gasteiger partial charge in [-0.05, 0) is 31.0 Å². The number of carbonyl (C=O) groups is 1. The van der Waals surface area contributed by atoms with E-state index in [4.69, 9.17) is 0 Å². The van der Waals surface area contributed by atoms with Crippen LogP contribution in [0.1, 0.15) is 53.3 Å². The molecule has 1 saturated carbocycles. The van der Waals surface area contributed by atoms with Gasteiger partial charge in [-0.2, -0.15) is 5.10 Å². The van der Waals surface area contributed by atoms with Crippen molar-refractivity contribution in [2.45, 2.75) is 43.9 Å². The smallest absolute Gasteiger partial charge is 0.341 e. The average molecular weight is 681 g/mol. The summed E-state index contributed by atoms with van der Waals surface area (Å²) in [5.41, 5.74) is -2.09. The maximum atomic E-state index is 14.6. The van der Waals surface area contributed by atoms with Crippen molar-refractivity contribution in [3.05, 3.63) is 112 Å². The van der Waals surface area contributed by atoms with Crippen molar-refractivity contribution in [2.24, 2.45) is 0 Å². The Morgan fingerprint density at radius 2 is 1.80 bits per heavy atom. The van der Waals surface area contributed by atoms with Crippen molar-refractivity contribution in [3.8, 4) is 0 Å². The van der Waals surface area contributed by atoms with Crippen molar-refractivity contribution in [1.82, 2.24) is 34.6 Å². The molecule has 0 amide bonds. The molecule has 1 aliphatic heterocycles. The molecule has 2 fully saturated rings. The van der Waals surface area contributed by atoms with Crippen LogP contribution in [0.15, 0.2) is 66.5 Å². The van der Waals surface area contributed by atoms with Crippen LogP contribution < -0.4 is 15.6 Å². The maximum Gasteiger partial charge on any atom is 0.341 e. The number of aromatic nitrogens is 6. The van der Waals surface area contributed by atoms with Crippen LogP contribution in [-0.2, 0) is 12.1 Å². The SMILES string of the molecule is CC(c1ncncc1F)C(O)(Cn1cncn1)c1ccc(F)cc1F.O=C(O)c1cn(C2CC2)c2cc(N3CCNCC3)c(F)cc2c1=O. The second kappa shape index (κ2) is 13.7. The number of piperazine rings is 1. The number of carboxylic acids is 1. The zero-order valence-corrected chi connectivity index (χ0v) is 26.2. The lowest BCUT2D eigenvalue weighted by Crippen LogP contribution is -2.43. The molecule has 3 N–H and O–H groups in total. The van der Waals surface area contributed by atoms with Gasteiger partial charge in [-0.15, -0.1) is 0 Å². The minimum atomic E-state index is -1.96. The van der Waals surface area contributed by atoms with Crippen molar-refractivity contribution >= 4 is 22.6 Å². The number of pyridine rings is 1. The van der Waals surface area contributed by atoms with Gasteiger partial charge in [0, 0.05) is 61.4 Å². The van der Waals surface area contributed by atoms with E-state index in [2.05, 4.69) is 25.4 Å². The van der Waals surface area contributed by atoms with Crippen LogP contribution in [-0.4, -0.2) is 71.7 Å². The third-order valence-corrected chi connectivity index (χ3v) is 8.82. The Balaban J connectivity index is 0.000000170. The topological polar surface area (TPSA) is 151 Å². The second-order valence-electron chi connectivity index (χ2n) is 12.0. The van der Waals surface area contributed by atoms with Gasteiger partial charge in [-0.3, -0.25) is 4.79 Å². The molecule has 7 rings (SSSR count). The summed E-state index contributed by atoms with van der Waals surface area (Å²) in [7, 11) is 0. The normalized spacial score (nSPS) is 16.5. The van der Waals surface area contributed by atoms with Gasteiger partial charge >= 0.3 is 5.97 Å². The molecular formula is C33H32F4N8O4. The summed E-state index contributed by atoms with van der Waals surface area (Å²) in [6.45, 7) is 4.22. The van der Waals surface area contributed by atoms with E-state index in [1.807, 2.05) is 9.47 Å². The molecule has 1 saturated heterocycles. The van der Waals surface area contributed by atoms with Crippen LogP contribution in [0.25, 0.3) is 10.9 Å². The number of rotatable bonds is 8. The standard InChI is InChI=1S/C17H18FN3O3.C16H14F3N5O/c18-13-7-11-14(8-15(13)20-5-3-19-4-6-20)21(10-1-2-10)9-12(16(11)22)17(23)24;1-10(15-14(19)5-20-7-22-15)16(25,6-24-9-21-8-23-24)12-3-2-11(17)4-13(12)18/h7-10,19H,1-6H2,(H,23,24);2-5,7-10,25H,6H2,1H3. The minimum absolute atomic E-state index is 0.0960. The molecule has 2 aliphatic rings. The number of anilines is 1. The lowest BCUT2D eigenvalue weighted by Gasteiger charge is -2.34. The summed E-state index contributed by atoms with van der Waals surface area (Å²) in [5.74, 6) is -5.22. The number of hydrogen-bond acceptors (Lipinski definition) is 9. The van der Waals surface area contributed by atoms with Crippen LogP contribution in [0.3, 0.4) is 0 Å². The molecule has 0 bridgehead atoms. The highest BCUT2D eigenvalue weighted by Gasteiger charge is 2.42. The van der Waals surface area contributed by atoms with E-state index < -0.39 is 46.2 Å². The average Bonchev–Trinajstić information content (AvgIpc) is 3.80. The van der Waals surface area contributed by atoms with Crippen LogP contribution in [0.2, 0.25) is 0 Å². The number of carboxylic acid groups (broad SMARTS) is 1. The lowest BCUT2D eigenvalue weighted by atomic mass is 9.79. The van der Waals surface area contributed by atoms with E-state index in [9.17, 15) is 37.4 Å². The number of benzene rings is 2. The highest BCUT2D eigenvalue weighted by molar-refractivity contribution is 5.93. The molecule has 256 valence electrons. The first-order valence-corrected chi connectivity index (χ1v) is 15.5. The third-order valence-electron chi connectivity index (χ3n) is 8.82. The van der Waals surface area contributed by atoms with E-state index >= 15 is 0 Å². The number of hydrogen-bond donors (Lipinski definition) is 3. The van der Waals surface area contributed by atoms with Gasteiger partial charge in [0.25, 0.3) is 0 Å². The van der Waals surface area contributed by atoms with E-state index in [1.54, 1.807) is 6.07 Å². The summed E-state index contributed by atoms with van der Waals surface area (Å²) >= 11 is 0. The van der Waals surface area contributed by atoms with Gasteiger partial charge in [0.05, 0.1) is 29.6 Å². The van der Waals surface area contributed by atoms with Crippen molar-refractivity contribution in [1.29, 1.82) is 0 Å². The van der Waals surface area contributed by atoms with E-state index in [0.29, 0.717) is 30.4 Å². The highest BCUT2D eigenvalue weighted by Crippen LogP contribution is 2.40. The van der Waals surface area contributed by atoms with Gasteiger partial charge in [0.15, 0.2) is 5.82 Å². The predicted octanol–water partition coefficient (Wildman–Crippen LogP) is 3.76. The molecule has 2 aromatic carbocycles. The summed E-state index contributed by atoms with van der Waals surface area (Å²) < 4.78 is 59.5. The Morgan fingerprint density at radius 3 is 2.43 bits per heavy atom. The largest absolute Gasteiger partial charge is 0.477 e. The van der Waals surface area contributed by atoms with Crippen LogP contribution in [0.4, 0.5) is 23.2 Å². The summed E-state index contributed by atoms with van der Waals surface area (Å²) in [4.78, 5) is 36.9. The number of nitrogens with one attached hydrogen (secondary N) is 1. The molecule has 5 aromatic rings. The number of nitrogens with zero attached hydrogens (tertiary/aromatic N) is 7. The Hall–Kier alpha value is -5.22. The van der Waals surface area contributed by atoms with Crippen molar-refractivity contribution < 1.29 is 32.6 Å². The van der Waals surface area contributed by atoms with E-state index in [0.717, 1.165) is 50.6 Å². The maximum absolute atomic E-state index is 14.6. The fraction of sp³-hybridized carbons (Fsp3) is 0.333. The molecule has 49 heavy (non-hydrogen) atoms.